The van der Waals surface area contributed by atoms with E-state index in [4.69, 9.17) is 0 Å². The molecule has 2 amide bonds. The highest BCUT2D eigenvalue weighted by Crippen LogP contribution is 2.18. The van der Waals surface area contributed by atoms with Crippen LogP contribution in [-0.4, -0.2) is 18.4 Å². The van der Waals surface area contributed by atoms with Crippen molar-refractivity contribution in [3.8, 4) is 0 Å². The second-order valence-electron chi connectivity index (χ2n) is 6.25. The van der Waals surface area contributed by atoms with Gasteiger partial charge >= 0.3 is 0 Å². The van der Waals surface area contributed by atoms with E-state index >= 15 is 0 Å². The average Bonchev–Trinajstić information content (AvgIpc) is 2.70. The van der Waals surface area contributed by atoms with E-state index in [2.05, 4.69) is 16.0 Å². The Morgan fingerprint density at radius 3 is 2.18 bits per heavy atom. The lowest BCUT2D eigenvalue weighted by atomic mass is 10.1. The predicted molar refractivity (Wildman–Crippen MR) is 109 cm³/mol. The Bertz CT molecular complexity index is 987. The average molecular weight is 377 g/mol. The maximum atomic E-state index is 13.6. The molecular formula is C22H20FN3O2. The largest absolute Gasteiger partial charge is 0.376 e. The lowest BCUT2D eigenvalue weighted by molar-refractivity contribution is -0.114. The van der Waals surface area contributed by atoms with Crippen molar-refractivity contribution in [2.75, 3.05) is 22.5 Å². The molecule has 0 aromatic heterocycles. The molecule has 3 N–H and O–H groups in total. The van der Waals surface area contributed by atoms with Crippen molar-refractivity contribution in [2.45, 2.75) is 6.92 Å². The number of para-hydroxylation sites is 2. The molecule has 3 aromatic carbocycles. The van der Waals surface area contributed by atoms with Gasteiger partial charge in [0.1, 0.15) is 5.82 Å². The fourth-order valence-corrected chi connectivity index (χ4v) is 2.60. The molecule has 0 heterocycles. The van der Waals surface area contributed by atoms with Gasteiger partial charge in [0.15, 0.2) is 0 Å². The number of rotatable bonds is 6. The normalized spacial score (nSPS) is 10.2. The van der Waals surface area contributed by atoms with Gasteiger partial charge in [-0.2, -0.15) is 0 Å². The van der Waals surface area contributed by atoms with Gasteiger partial charge in [0.05, 0.1) is 17.8 Å². The molecule has 0 unspecified atom stereocenters. The van der Waals surface area contributed by atoms with Crippen LogP contribution in [0.15, 0.2) is 72.8 Å². The summed E-state index contributed by atoms with van der Waals surface area (Å²) in [4.78, 5) is 24.7. The van der Waals surface area contributed by atoms with E-state index in [9.17, 15) is 14.0 Å². The standard InChI is InChI=1S/C22H20FN3O2/c1-15-10-12-16(13-11-15)25-22(28)17-6-2-4-8-19(17)24-14-21(27)26-20-9-5-3-7-18(20)23/h2-13,24H,14H2,1H3,(H,25,28)(H,26,27). The Morgan fingerprint density at radius 1 is 0.821 bits per heavy atom. The van der Waals surface area contributed by atoms with Gasteiger partial charge < -0.3 is 16.0 Å². The number of carbonyl (C=O) groups is 2. The lowest BCUT2D eigenvalue weighted by Crippen LogP contribution is -2.23. The van der Waals surface area contributed by atoms with E-state index in [1.54, 1.807) is 36.4 Å². The summed E-state index contributed by atoms with van der Waals surface area (Å²) in [6, 6.07) is 20.3. The first-order chi connectivity index (χ1) is 13.5. The first kappa shape index (κ1) is 19.1. The molecule has 0 aliphatic heterocycles. The Labute approximate surface area is 162 Å². The van der Waals surface area contributed by atoms with Crippen LogP contribution in [0.3, 0.4) is 0 Å². The van der Waals surface area contributed by atoms with Crippen molar-refractivity contribution >= 4 is 28.9 Å². The Kier molecular flexibility index (Phi) is 6.01. The van der Waals surface area contributed by atoms with Gasteiger partial charge in [0.25, 0.3) is 5.91 Å². The molecule has 28 heavy (non-hydrogen) atoms. The number of hydrogen-bond acceptors (Lipinski definition) is 3. The quantitative estimate of drug-likeness (QED) is 0.595. The molecule has 0 aliphatic rings. The fourth-order valence-electron chi connectivity index (χ4n) is 2.60. The van der Waals surface area contributed by atoms with Gasteiger partial charge in [-0.25, -0.2) is 4.39 Å². The Balaban J connectivity index is 1.65. The van der Waals surface area contributed by atoms with Crippen molar-refractivity contribution < 1.29 is 14.0 Å². The number of aryl methyl sites for hydroxylation is 1. The molecule has 6 heteroatoms. The molecule has 5 nitrogen and oxygen atoms in total. The highest BCUT2D eigenvalue weighted by molar-refractivity contribution is 6.08. The van der Waals surface area contributed by atoms with Gasteiger partial charge in [-0.1, -0.05) is 42.0 Å². The number of hydrogen-bond donors (Lipinski definition) is 3. The van der Waals surface area contributed by atoms with E-state index < -0.39 is 11.7 Å². The van der Waals surface area contributed by atoms with Crippen LogP contribution in [0.1, 0.15) is 15.9 Å². The number of carbonyl (C=O) groups excluding carboxylic acids is 2. The highest BCUT2D eigenvalue weighted by atomic mass is 19.1. The van der Waals surface area contributed by atoms with Crippen LogP contribution in [0.25, 0.3) is 0 Å². The van der Waals surface area contributed by atoms with Gasteiger partial charge in [-0.05, 0) is 43.3 Å². The minimum Gasteiger partial charge on any atom is -0.376 e. The summed E-state index contributed by atoms with van der Waals surface area (Å²) in [6.07, 6.45) is 0. The summed E-state index contributed by atoms with van der Waals surface area (Å²) in [5, 5.41) is 8.26. The van der Waals surface area contributed by atoms with Crippen molar-refractivity contribution in [2.24, 2.45) is 0 Å². The highest BCUT2D eigenvalue weighted by Gasteiger charge is 2.13. The summed E-state index contributed by atoms with van der Waals surface area (Å²) < 4.78 is 13.6. The van der Waals surface area contributed by atoms with Crippen LogP contribution in [0.5, 0.6) is 0 Å². The summed E-state index contributed by atoms with van der Waals surface area (Å²) in [5.74, 6) is -1.21. The van der Waals surface area contributed by atoms with Gasteiger partial charge in [0.2, 0.25) is 5.91 Å². The summed E-state index contributed by atoms with van der Waals surface area (Å²) in [6.45, 7) is 1.86. The van der Waals surface area contributed by atoms with E-state index in [1.807, 2.05) is 31.2 Å². The second kappa shape index (κ2) is 8.81. The number of anilines is 3. The van der Waals surface area contributed by atoms with Crippen molar-refractivity contribution in [3.05, 3.63) is 89.7 Å². The van der Waals surface area contributed by atoms with E-state index in [0.29, 0.717) is 16.9 Å². The SMILES string of the molecule is Cc1ccc(NC(=O)c2ccccc2NCC(=O)Nc2ccccc2F)cc1. The molecule has 3 aromatic rings. The molecule has 0 aliphatic carbocycles. The molecule has 0 bridgehead atoms. The number of halogens is 1. The Morgan fingerprint density at radius 2 is 1.46 bits per heavy atom. The predicted octanol–water partition coefficient (Wildman–Crippen LogP) is 4.44. The fraction of sp³-hybridized carbons (Fsp3) is 0.0909. The van der Waals surface area contributed by atoms with Gasteiger partial charge in [0, 0.05) is 11.4 Å². The minimum absolute atomic E-state index is 0.108. The monoisotopic (exact) mass is 377 g/mol. The zero-order chi connectivity index (χ0) is 19.9. The van der Waals surface area contributed by atoms with Crippen LogP contribution < -0.4 is 16.0 Å². The molecule has 0 spiro atoms. The molecule has 0 saturated heterocycles. The van der Waals surface area contributed by atoms with Crippen LogP contribution >= 0.6 is 0 Å². The Hall–Kier alpha value is -3.67. The van der Waals surface area contributed by atoms with Gasteiger partial charge in [-0.3, -0.25) is 9.59 Å². The third-order valence-electron chi connectivity index (χ3n) is 4.07. The van der Waals surface area contributed by atoms with E-state index in [1.165, 1.54) is 12.1 Å². The number of nitrogens with one attached hydrogen (secondary N) is 3. The molecule has 0 atom stereocenters. The summed E-state index contributed by atoms with van der Waals surface area (Å²) >= 11 is 0. The molecule has 0 fully saturated rings. The number of benzene rings is 3. The van der Waals surface area contributed by atoms with E-state index in [0.717, 1.165) is 5.56 Å². The molecule has 142 valence electrons. The zero-order valence-corrected chi connectivity index (χ0v) is 15.3. The first-order valence-electron chi connectivity index (χ1n) is 8.78. The summed E-state index contributed by atoms with van der Waals surface area (Å²) in [7, 11) is 0. The van der Waals surface area contributed by atoms with E-state index in [-0.39, 0.29) is 18.1 Å². The van der Waals surface area contributed by atoms with Crippen LogP contribution in [0.2, 0.25) is 0 Å². The lowest BCUT2D eigenvalue weighted by Gasteiger charge is -2.13. The smallest absolute Gasteiger partial charge is 0.257 e. The maximum absolute atomic E-state index is 13.6. The van der Waals surface area contributed by atoms with Gasteiger partial charge in [-0.15, -0.1) is 0 Å². The minimum atomic E-state index is -0.506. The maximum Gasteiger partial charge on any atom is 0.257 e. The second-order valence-corrected chi connectivity index (χ2v) is 6.25. The number of amides is 2. The van der Waals surface area contributed by atoms with Crippen molar-refractivity contribution in [3.63, 3.8) is 0 Å². The first-order valence-corrected chi connectivity index (χ1v) is 8.78. The summed E-state index contributed by atoms with van der Waals surface area (Å²) in [5.41, 5.74) is 2.81. The zero-order valence-electron chi connectivity index (χ0n) is 15.3. The molecule has 3 rings (SSSR count). The van der Waals surface area contributed by atoms with Crippen LogP contribution in [0.4, 0.5) is 21.5 Å². The van der Waals surface area contributed by atoms with Crippen LogP contribution in [0, 0.1) is 12.7 Å². The molecule has 0 saturated carbocycles. The third kappa shape index (κ3) is 4.94. The van der Waals surface area contributed by atoms with Crippen molar-refractivity contribution in [1.29, 1.82) is 0 Å². The topological polar surface area (TPSA) is 70.2 Å². The van der Waals surface area contributed by atoms with Crippen LogP contribution in [-0.2, 0) is 4.79 Å². The third-order valence-corrected chi connectivity index (χ3v) is 4.07. The van der Waals surface area contributed by atoms with Crippen molar-refractivity contribution in [1.82, 2.24) is 0 Å². The molecular weight excluding hydrogens is 357 g/mol. The molecule has 0 radical (unpaired) electrons.